The van der Waals surface area contributed by atoms with Crippen LogP contribution in [0.1, 0.15) is 34.9 Å². The number of nitrogens with one attached hydrogen (secondary N) is 4. The number of hydrogen-bond acceptors (Lipinski definition) is 9. The molecule has 2 amide bonds. The second-order valence-corrected chi connectivity index (χ2v) is 7.28. The summed E-state index contributed by atoms with van der Waals surface area (Å²) in [5.41, 5.74) is 1.54. The molecule has 0 radical (unpaired) electrons. The molecule has 0 unspecified atom stereocenters. The van der Waals surface area contributed by atoms with E-state index in [2.05, 4.69) is 30.9 Å². The van der Waals surface area contributed by atoms with Crippen LogP contribution in [0.5, 0.6) is 0 Å². The second-order valence-electron chi connectivity index (χ2n) is 7.28. The minimum Gasteiger partial charge on any atom is -0.395 e. The first-order valence-corrected chi connectivity index (χ1v) is 10.1. The number of aliphatic hydroxyl groups is 1. The standard InChI is InChI=1S/C21H26N8O3/c1-23-11-17(18(22)21(32)29(2)7-8-30)28-20(31)19-16(26-14-9-24-12-25-10-14)6-5-15(27-19)13-3-4-13/h5-6,9-13,22-23,26,30H,3-4,7-8H2,1-2H3,(H,28,31)/b17-11+,22-18?. The zero-order valence-corrected chi connectivity index (χ0v) is 17.9. The number of rotatable bonds is 10. The van der Waals surface area contributed by atoms with Crippen LogP contribution in [-0.4, -0.2) is 69.7 Å². The number of nitrogens with zero attached hydrogens (tertiary/aromatic N) is 4. The molecule has 32 heavy (non-hydrogen) atoms. The van der Waals surface area contributed by atoms with E-state index < -0.39 is 17.5 Å². The first kappa shape index (κ1) is 22.8. The predicted octanol–water partition coefficient (Wildman–Crippen LogP) is 0.754. The van der Waals surface area contributed by atoms with Crippen molar-refractivity contribution in [2.75, 3.05) is 32.6 Å². The molecule has 2 aromatic heterocycles. The second kappa shape index (κ2) is 10.4. The quantitative estimate of drug-likeness (QED) is 0.340. The molecular weight excluding hydrogens is 412 g/mol. The molecule has 0 aliphatic heterocycles. The van der Waals surface area contributed by atoms with Crippen LogP contribution in [0.15, 0.2) is 42.8 Å². The minimum absolute atomic E-state index is 0.0140. The first-order valence-electron chi connectivity index (χ1n) is 10.1. The number of aromatic nitrogens is 3. The molecule has 0 bridgehead atoms. The van der Waals surface area contributed by atoms with Crippen LogP contribution in [0.25, 0.3) is 0 Å². The number of amides is 2. The van der Waals surface area contributed by atoms with Crippen molar-refractivity contribution in [3.05, 3.63) is 54.1 Å². The minimum atomic E-state index is -0.639. The molecule has 11 nitrogen and oxygen atoms in total. The lowest BCUT2D eigenvalue weighted by molar-refractivity contribution is -0.123. The summed E-state index contributed by atoms with van der Waals surface area (Å²) in [6, 6.07) is 3.65. The maximum Gasteiger partial charge on any atom is 0.276 e. The highest BCUT2D eigenvalue weighted by Gasteiger charge is 2.28. The molecule has 0 spiro atoms. The van der Waals surface area contributed by atoms with E-state index in [4.69, 9.17) is 10.5 Å². The average Bonchev–Trinajstić information content (AvgIpc) is 3.64. The number of aliphatic hydroxyl groups excluding tert-OH is 1. The lowest BCUT2D eigenvalue weighted by Gasteiger charge is -2.18. The fourth-order valence-corrected chi connectivity index (χ4v) is 2.93. The van der Waals surface area contributed by atoms with Gasteiger partial charge < -0.3 is 26.0 Å². The number of carbonyl (C=O) groups excluding carboxylic acids is 2. The van der Waals surface area contributed by atoms with Gasteiger partial charge in [-0.2, -0.15) is 0 Å². The van der Waals surface area contributed by atoms with Crippen LogP contribution in [-0.2, 0) is 4.79 Å². The van der Waals surface area contributed by atoms with E-state index in [0.29, 0.717) is 17.3 Å². The van der Waals surface area contributed by atoms with Crippen molar-refractivity contribution in [2.45, 2.75) is 18.8 Å². The number of pyridine rings is 1. The molecule has 1 saturated carbocycles. The summed E-state index contributed by atoms with van der Waals surface area (Å²) < 4.78 is 0. The van der Waals surface area contributed by atoms with E-state index >= 15 is 0 Å². The summed E-state index contributed by atoms with van der Waals surface area (Å²) in [6.45, 7) is -0.163. The molecule has 5 N–H and O–H groups in total. The normalized spacial score (nSPS) is 13.3. The van der Waals surface area contributed by atoms with Gasteiger partial charge in [-0.1, -0.05) is 0 Å². The molecule has 0 atom stereocenters. The van der Waals surface area contributed by atoms with E-state index in [9.17, 15) is 9.59 Å². The third kappa shape index (κ3) is 5.64. The summed E-state index contributed by atoms with van der Waals surface area (Å²) in [5, 5.41) is 25.7. The number of hydrogen-bond donors (Lipinski definition) is 5. The van der Waals surface area contributed by atoms with Gasteiger partial charge >= 0.3 is 0 Å². The lowest BCUT2D eigenvalue weighted by atomic mass is 10.2. The van der Waals surface area contributed by atoms with Crippen molar-refractivity contribution in [3.63, 3.8) is 0 Å². The molecule has 1 fully saturated rings. The van der Waals surface area contributed by atoms with Crippen LogP contribution >= 0.6 is 0 Å². The largest absolute Gasteiger partial charge is 0.395 e. The Kier molecular flexibility index (Phi) is 7.45. The number of likely N-dealkylation sites (N-methyl/N-ethyl adjacent to an activating group) is 1. The molecule has 0 saturated heterocycles. The monoisotopic (exact) mass is 438 g/mol. The topological polar surface area (TPSA) is 156 Å². The van der Waals surface area contributed by atoms with E-state index in [1.807, 2.05) is 6.07 Å². The van der Waals surface area contributed by atoms with Gasteiger partial charge in [-0.25, -0.2) is 15.0 Å². The molecule has 168 valence electrons. The van der Waals surface area contributed by atoms with Crippen LogP contribution in [0.3, 0.4) is 0 Å². The van der Waals surface area contributed by atoms with E-state index in [1.165, 1.54) is 24.5 Å². The predicted molar refractivity (Wildman–Crippen MR) is 119 cm³/mol. The Hall–Kier alpha value is -3.86. The van der Waals surface area contributed by atoms with Gasteiger partial charge in [0.05, 0.1) is 36.1 Å². The maximum absolute atomic E-state index is 13.2. The summed E-state index contributed by atoms with van der Waals surface area (Å²) in [7, 11) is 3.06. The van der Waals surface area contributed by atoms with Gasteiger partial charge in [0.25, 0.3) is 11.8 Å². The zero-order valence-electron chi connectivity index (χ0n) is 17.9. The molecule has 0 aromatic carbocycles. The fraction of sp³-hybridized carbons (Fsp3) is 0.333. The van der Waals surface area contributed by atoms with Gasteiger partial charge in [0.2, 0.25) is 0 Å². The summed E-state index contributed by atoms with van der Waals surface area (Å²) in [5.74, 6) is -0.883. The smallest absolute Gasteiger partial charge is 0.276 e. The summed E-state index contributed by atoms with van der Waals surface area (Å²) in [4.78, 5) is 39.3. The number of anilines is 2. The zero-order chi connectivity index (χ0) is 23.1. The van der Waals surface area contributed by atoms with Crippen LogP contribution in [0.4, 0.5) is 11.4 Å². The highest BCUT2D eigenvalue weighted by atomic mass is 16.3. The lowest BCUT2D eigenvalue weighted by Crippen LogP contribution is -2.40. The van der Waals surface area contributed by atoms with Crippen molar-refractivity contribution in [3.8, 4) is 0 Å². The van der Waals surface area contributed by atoms with Crippen molar-refractivity contribution < 1.29 is 14.7 Å². The fourth-order valence-electron chi connectivity index (χ4n) is 2.93. The van der Waals surface area contributed by atoms with E-state index in [1.54, 1.807) is 25.5 Å². The first-order chi connectivity index (χ1) is 15.4. The summed E-state index contributed by atoms with van der Waals surface area (Å²) >= 11 is 0. The Morgan fingerprint density at radius 1 is 1.28 bits per heavy atom. The summed E-state index contributed by atoms with van der Waals surface area (Å²) in [6.07, 6.45) is 7.94. The van der Waals surface area contributed by atoms with Gasteiger partial charge in [-0.05, 0) is 25.0 Å². The van der Waals surface area contributed by atoms with Crippen LogP contribution in [0, 0.1) is 5.41 Å². The van der Waals surface area contributed by atoms with Crippen molar-refractivity contribution in [1.29, 1.82) is 5.41 Å². The van der Waals surface area contributed by atoms with Gasteiger partial charge in [-0.3, -0.25) is 15.0 Å². The van der Waals surface area contributed by atoms with Gasteiger partial charge in [-0.15, -0.1) is 0 Å². The molecule has 1 aliphatic carbocycles. The highest BCUT2D eigenvalue weighted by molar-refractivity contribution is 6.44. The maximum atomic E-state index is 13.2. The third-order valence-electron chi connectivity index (χ3n) is 4.77. The Balaban J connectivity index is 1.87. The third-order valence-corrected chi connectivity index (χ3v) is 4.77. The molecule has 1 aliphatic rings. The van der Waals surface area contributed by atoms with Crippen molar-refractivity contribution in [1.82, 2.24) is 30.5 Å². The van der Waals surface area contributed by atoms with Crippen LogP contribution in [0.2, 0.25) is 0 Å². The Bertz CT molecular complexity index is 1020. The van der Waals surface area contributed by atoms with Gasteiger partial charge in [0.15, 0.2) is 5.69 Å². The molecule has 11 heteroatoms. The highest BCUT2D eigenvalue weighted by Crippen LogP contribution is 2.39. The van der Waals surface area contributed by atoms with Crippen molar-refractivity contribution >= 4 is 28.9 Å². The van der Waals surface area contributed by atoms with Crippen molar-refractivity contribution in [2.24, 2.45) is 0 Å². The Morgan fingerprint density at radius 3 is 2.62 bits per heavy atom. The Labute approximate surface area is 185 Å². The molecule has 2 aromatic rings. The van der Waals surface area contributed by atoms with E-state index in [-0.39, 0.29) is 24.5 Å². The van der Waals surface area contributed by atoms with E-state index in [0.717, 1.165) is 18.5 Å². The number of carbonyl (C=O) groups is 2. The molecular formula is C21H26N8O3. The SMILES string of the molecule is CN/C=C(/NC(=O)c1nc(C2CC2)ccc1Nc1cncnc1)C(=N)C(=O)N(C)CCO. The molecule has 2 heterocycles. The molecule has 3 rings (SSSR count). The average molecular weight is 438 g/mol. The van der Waals surface area contributed by atoms with Crippen LogP contribution < -0.4 is 16.0 Å². The Morgan fingerprint density at radius 2 is 2.00 bits per heavy atom. The van der Waals surface area contributed by atoms with Gasteiger partial charge in [0.1, 0.15) is 12.0 Å². The van der Waals surface area contributed by atoms with Gasteiger partial charge in [0, 0.05) is 38.5 Å².